The van der Waals surface area contributed by atoms with Crippen LogP contribution in [-0.4, -0.2) is 34.1 Å². The van der Waals surface area contributed by atoms with Crippen molar-refractivity contribution in [1.29, 1.82) is 0 Å². The fraction of sp³-hybridized carbons (Fsp3) is 0.273. The number of alkyl halides is 3. The lowest BCUT2D eigenvalue weighted by molar-refractivity contribution is -0.198. The number of hydrogen-bond acceptors (Lipinski definition) is 4. The molecule has 1 unspecified atom stereocenters. The summed E-state index contributed by atoms with van der Waals surface area (Å²) in [6.07, 6.45) is -7.15. The summed E-state index contributed by atoms with van der Waals surface area (Å²) < 4.78 is 36.5. The summed E-state index contributed by atoms with van der Waals surface area (Å²) in [5, 5.41) is 19.9. The molecule has 8 heteroatoms. The first-order valence-electron chi connectivity index (χ1n) is 5.29. The number of nitrogens with one attached hydrogen (secondary N) is 1. The largest absolute Gasteiger partial charge is 0.416 e. The maximum absolute atomic E-state index is 12.2. The molecule has 102 valence electrons. The monoisotopic (exact) mass is 291 g/mol. The highest BCUT2D eigenvalue weighted by molar-refractivity contribution is 6.34. The SMILES string of the molecule is OC(CNc1nnc(Cl)c2ccccc12)C(F)(F)F. The second-order valence-electron chi connectivity index (χ2n) is 3.82. The lowest BCUT2D eigenvalue weighted by Gasteiger charge is -2.15. The van der Waals surface area contributed by atoms with Crippen LogP contribution in [0.5, 0.6) is 0 Å². The molecule has 1 atom stereocenters. The quantitative estimate of drug-likeness (QED) is 0.913. The van der Waals surface area contributed by atoms with Gasteiger partial charge in [-0.25, -0.2) is 0 Å². The molecule has 0 spiro atoms. The Balaban J connectivity index is 2.25. The Morgan fingerprint density at radius 2 is 1.84 bits per heavy atom. The molecule has 19 heavy (non-hydrogen) atoms. The number of aliphatic hydroxyl groups excluding tert-OH is 1. The predicted octanol–water partition coefficient (Wildman–Crippen LogP) is 2.62. The Bertz CT molecular complexity index is 591. The van der Waals surface area contributed by atoms with Gasteiger partial charge in [-0.15, -0.1) is 10.2 Å². The fourth-order valence-corrected chi connectivity index (χ4v) is 1.71. The van der Waals surface area contributed by atoms with Gasteiger partial charge in [-0.2, -0.15) is 13.2 Å². The third-order valence-corrected chi connectivity index (χ3v) is 2.76. The molecule has 0 radical (unpaired) electrons. The number of halogens is 4. The first-order valence-corrected chi connectivity index (χ1v) is 5.67. The number of rotatable bonds is 3. The van der Waals surface area contributed by atoms with Gasteiger partial charge >= 0.3 is 6.18 Å². The van der Waals surface area contributed by atoms with Gasteiger partial charge in [0.1, 0.15) is 0 Å². The fourth-order valence-electron chi connectivity index (χ4n) is 1.51. The van der Waals surface area contributed by atoms with Crippen molar-refractivity contribution in [3.8, 4) is 0 Å². The molecule has 0 saturated carbocycles. The first-order chi connectivity index (χ1) is 8.89. The number of benzene rings is 1. The highest BCUT2D eigenvalue weighted by Gasteiger charge is 2.38. The Labute approximate surface area is 111 Å². The Kier molecular flexibility index (Phi) is 3.77. The van der Waals surface area contributed by atoms with Crippen LogP contribution in [0.2, 0.25) is 5.15 Å². The minimum Gasteiger partial charge on any atom is -0.382 e. The van der Waals surface area contributed by atoms with Crippen LogP contribution >= 0.6 is 11.6 Å². The van der Waals surface area contributed by atoms with Crippen LogP contribution in [0.1, 0.15) is 0 Å². The molecular formula is C11H9ClF3N3O. The Morgan fingerprint density at radius 1 is 1.21 bits per heavy atom. The molecule has 2 N–H and O–H groups in total. The highest BCUT2D eigenvalue weighted by atomic mass is 35.5. The van der Waals surface area contributed by atoms with E-state index >= 15 is 0 Å². The zero-order valence-electron chi connectivity index (χ0n) is 9.45. The zero-order chi connectivity index (χ0) is 14.0. The van der Waals surface area contributed by atoms with Crippen LogP contribution in [0.15, 0.2) is 24.3 Å². The van der Waals surface area contributed by atoms with Gasteiger partial charge < -0.3 is 10.4 Å². The number of aromatic nitrogens is 2. The Hall–Kier alpha value is -1.60. The lowest BCUT2D eigenvalue weighted by Crippen LogP contribution is -2.35. The number of nitrogens with zero attached hydrogens (tertiary/aromatic N) is 2. The van der Waals surface area contributed by atoms with Crippen LogP contribution in [0.4, 0.5) is 19.0 Å². The van der Waals surface area contributed by atoms with E-state index in [4.69, 9.17) is 16.7 Å². The van der Waals surface area contributed by atoms with Crippen LogP contribution in [0, 0.1) is 0 Å². The average molecular weight is 292 g/mol. The van der Waals surface area contributed by atoms with Crippen molar-refractivity contribution in [2.24, 2.45) is 0 Å². The van der Waals surface area contributed by atoms with Crippen molar-refractivity contribution >= 4 is 28.2 Å². The smallest absolute Gasteiger partial charge is 0.382 e. The molecule has 0 aliphatic heterocycles. The number of fused-ring (bicyclic) bond motifs is 1. The molecule has 4 nitrogen and oxygen atoms in total. The third kappa shape index (κ3) is 3.05. The molecule has 1 aromatic carbocycles. The molecule has 0 saturated heterocycles. The van der Waals surface area contributed by atoms with Crippen molar-refractivity contribution in [3.05, 3.63) is 29.4 Å². The molecule has 0 fully saturated rings. The summed E-state index contributed by atoms with van der Waals surface area (Å²) in [6, 6.07) is 6.76. The molecule has 2 aromatic rings. The molecule has 2 rings (SSSR count). The van der Waals surface area contributed by atoms with Gasteiger partial charge in [-0.3, -0.25) is 0 Å². The second-order valence-corrected chi connectivity index (χ2v) is 4.18. The molecule has 0 amide bonds. The summed E-state index contributed by atoms with van der Waals surface area (Å²) in [4.78, 5) is 0. The summed E-state index contributed by atoms with van der Waals surface area (Å²) in [5.74, 6) is 0.142. The highest BCUT2D eigenvalue weighted by Crippen LogP contribution is 2.26. The average Bonchev–Trinajstić information content (AvgIpc) is 2.37. The molecule has 1 heterocycles. The predicted molar refractivity (Wildman–Crippen MR) is 65.1 cm³/mol. The lowest BCUT2D eigenvalue weighted by atomic mass is 10.2. The van der Waals surface area contributed by atoms with Crippen LogP contribution in [0.3, 0.4) is 0 Å². The zero-order valence-corrected chi connectivity index (χ0v) is 10.2. The van der Waals surface area contributed by atoms with Crippen molar-refractivity contribution < 1.29 is 18.3 Å². The first kappa shape index (κ1) is 13.8. The van der Waals surface area contributed by atoms with E-state index in [1.165, 1.54) is 0 Å². The standard InChI is InChI=1S/C11H9ClF3N3O/c12-9-6-3-1-2-4-7(6)10(18-17-9)16-5-8(19)11(13,14)15/h1-4,8,19H,5H2,(H,16,18). The van der Waals surface area contributed by atoms with E-state index in [2.05, 4.69) is 15.5 Å². The molecule has 1 aromatic heterocycles. The summed E-state index contributed by atoms with van der Waals surface area (Å²) in [6.45, 7) is -0.705. The summed E-state index contributed by atoms with van der Waals surface area (Å²) >= 11 is 5.83. The Morgan fingerprint density at radius 3 is 2.47 bits per heavy atom. The second kappa shape index (κ2) is 5.18. The van der Waals surface area contributed by atoms with Crippen molar-refractivity contribution in [2.45, 2.75) is 12.3 Å². The number of hydrogen-bond donors (Lipinski definition) is 2. The maximum atomic E-state index is 12.2. The molecule has 0 bridgehead atoms. The van der Waals surface area contributed by atoms with Gasteiger partial charge in [0, 0.05) is 10.8 Å². The normalized spacial score (nSPS) is 13.5. The van der Waals surface area contributed by atoms with E-state index < -0.39 is 18.8 Å². The number of aliphatic hydroxyl groups is 1. The molecular weight excluding hydrogens is 283 g/mol. The van der Waals surface area contributed by atoms with E-state index in [0.717, 1.165) is 0 Å². The van der Waals surface area contributed by atoms with Crippen molar-refractivity contribution in [2.75, 3.05) is 11.9 Å². The van der Waals surface area contributed by atoms with Gasteiger partial charge in [0.05, 0.1) is 6.54 Å². The van der Waals surface area contributed by atoms with Crippen molar-refractivity contribution in [3.63, 3.8) is 0 Å². The number of anilines is 1. The van der Waals surface area contributed by atoms with Gasteiger partial charge in [0.25, 0.3) is 0 Å². The topological polar surface area (TPSA) is 58.0 Å². The van der Waals surface area contributed by atoms with Gasteiger partial charge in [0.15, 0.2) is 17.1 Å². The molecule has 0 aliphatic rings. The van der Waals surface area contributed by atoms with Gasteiger partial charge in [-0.1, -0.05) is 35.9 Å². The van der Waals surface area contributed by atoms with Gasteiger partial charge in [0.2, 0.25) is 0 Å². The van der Waals surface area contributed by atoms with Crippen LogP contribution in [0.25, 0.3) is 10.8 Å². The van der Waals surface area contributed by atoms with E-state index in [1.54, 1.807) is 24.3 Å². The minimum atomic E-state index is -4.68. The van der Waals surface area contributed by atoms with Crippen molar-refractivity contribution in [1.82, 2.24) is 10.2 Å². The van der Waals surface area contributed by atoms with E-state index in [-0.39, 0.29) is 11.0 Å². The summed E-state index contributed by atoms with van der Waals surface area (Å²) in [7, 11) is 0. The minimum absolute atomic E-state index is 0.142. The van der Waals surface area contributed by atoms with Crippen LogP contribution in [-0.2, 0) is 0 Å². The van der Waals surface area contributed by atoms with Crippen LogP contribution < -0.4 is 5.32 Å². The maximum Gasteiger partial charge on any atom is 0.416 e. The van der Waals surface area contributed by atoms with E-state index in [9.17, 15) is 13.2 Å². The van der Waals surface area contributed by atoms with Gasteiger partial charge in [-0.05, 0) is 0 Å². The summed E-state index contributed by atoms with van der Waals surface area (Å²) in [5.41, 5.74) is 0. The third-order valence-electron chi connectivity index (χ3n) is 2.48. The van der Waals surface area contributed by atoms with E-state index in [0.29, 0.717) is 10.8 Å². The molecule has 0 aliphatic carbocycles. The van der Waals surface area contributed by atoms with E-state index in [1.807, 2.05) is 0 Å².